The van der Waals surface area contributed by atoms with Crippen molar-refractivity contribution < 1.29 is 8.97 Å². The lowest BCUT2D eigenvalue weighted by Gasteiger charge is -2.26. The zero-order valence-electron chi connectivity index (χ0n) is 20.2. The summed E-state index contributed by atoms with van der Waals surface area (Å²) in [5.41, 5.74) is 7.71. The number of aromatic nitrogens is 2. The van der Waals surface area contributed by atoms with Crippen LogP contribution in [0, 0.1) is 0 Å². The summed E-state index contributed by atoms with van der Waals surface area (Å²) in [6.07, 6.45) is 6.59. The zero-order valence-corrected chi connectivity index (χ0v) is 20.2. The molecule has 6 aromatic rings. The topological polar surface area (TPSA) is 7.98 Å². The molecule has 0 unspecified atom stereocenters. The molecule has 1 aliphatic heterocycles. The third-order valence-corrected chi connectivity index (χ3v) is 8.19. The highest BCUT2D eigenvalue weighted by Crippen LogP contribution is 2.46. The lowest BCUT2D eigenvalue weighted by Crippen LogP contribution is -2.60. The first-order valence-electron chi connectivity index (χ1n) is 12.7. The molecule has 4 heterocycles. The van der Waals surface area contributed by atoms with Crippen molar-refractivity contribution >= 4 is 27.1 Å². The first kappa shape index (κ1) is 20.3. The molecular weight excluding hydrogens is 424 g/mol. The second-order valence-electron chi connectivity index (χ2n) is 9.63. The van der Waals surface area contributed by atoms with E-state index in [-0.39, 0.29) is 5.54 Å². The Kier molecular flexibility index (Phi) is 4.35. The van der Waals surface area contributed by atoms with Crippen LogP contribution >= 0.6 is 0 Å². The first-order valence-corrected chi connectivity index (χ1v) is 12.7. The van der Waals surface area contributed by atoms with E-state index in [0.717, 1.165) is 12.8 Å². The molecule has 7 rings (SSSR count). The Hall–Kier alpha value is -4.04. The highest BCUT2D eigenvalue weighted by Gasteiger charge is 2.52. The normalized spacial score (nSPS) is 13.9. The van der Waals surface area contributed by atoms with Crippen LogP contribution in [-0.4, -0.2) is 0 Å². The SMILES string of the molecule is CCC1(CC)c2c(c3ccccc3c3cccc[n+]23)-c2ccccc2-c2c3ccccc3cc[n+]21. The van der Waals surface area contributed by atoms with Crippen molar-refractivity contribution in [3.05, 3.63) is 115 Å². The van der Waals surface area contributed by atoms with Crippen LogP contribution in [0.15, 0.2) is 109 Å². The molecule has 3 aromatic heterocycles. The van der Waals surface area contributed by atoms with E-state index in [1.807, 2.05) is 0 Å². The minimum Gasteiger partial charge on any atom is -0.182 e. The average molecular weight is 453 g/mol. The van der Waals surface area contributed by atoms with Crippen molar-refractivity contribution in [2.24, 2.45) is 0 Å². The monoisotopic (exact) mass is 452 g/mol. The summed E-state index contributed by atoms with van der Waals surface area (Å²) >= 11 is 0. The standard InChI is InChI=1S/C33H28N2/c1-3-33(4-2)32-30(26-16-8-7-15-25(26)29-19-11-12-21-34(29)32)27-17-9-10-18-28(27)31-24-14-6-5-13-23(24)20-22-35(31)33/h5-22H,3-4H2,1-2H3/q+2. The van der Waals surface area contributed by atoms with E-state index in [9.17, 15) is 0 Å². The van der Waals surface area contributed by atoms with Gasteiger partial charge in [0.1, 0.15) is 0 Å². The third-order valence-electron chi connectivity index (χ3n) is 8.19. The summed E-state index contributed by atoms with van der Waals surface area (Å²) in [4.78, 5) is 0. The Labute approximate surface area is 205 Å². The van der Waals surface area contributed by atoms with Crippen molar-refractivity contribution in [2.45, 2.75) is 32.2 Å². The summed E-state index contributed by atoms with van der Waals surface area (Å²) in [7, 11) is 0. The molecule has 1 aliphatic rings. The van der Waals surface area contributed by atoms with Gasteiger partial charge in [-0.05, 0) is 29.7 Å². The predicted molar refractivity (Wildman–Crippen MR) is 143 cm³/mol. The van der Waals surface area contributed by atoms with Crippen molar-refractivity contribution in [1.82, 2.24) is 0 Å². The van der Waals surface area contributed by atoms with E-state index < -0.39 is 0 Å². The fourth-order valence-electron chi connectivity index (χ4n) is 6.56. The molecule has 0 atom stereocenters. The molecule has 2 heteroatoms. The van der Waals surface area contributed by atoms with Gasteiger partial charge in [-0.3, -0.25) is 0 Å². The molecule has 3 aromatic carbocycles. The van der Waals surface area contributed by atoms with Gasteiger partial charge in [0.15, 0.2) is 12.4 Å². The van der Waals surface area contributed by atoms with Crippen LogP contribution in [0.4, 0.5) is 0 Å². The van der Waals surface area contributed by atoms with E-state index >= 15 is 0 Å². The van der Waals surface area contributed by atoms with Crippen molar-refractivity contribution in [2.75, 3.05) is 0 Å². The minimum atomic E-state index is -0.206. The number of nitrogens with zero attached hydrogens (tertiary/aromatic N) is 2. The van der Waals surface area contributed by atoms with E-state index in [0.29, 0.717) is 0 Å². The number of pyridine rings is 3. The summed E-state index contributed by atoms with van der Waals surface area (Å²) < 4.78 is 5.06. The molecule has 35 heavy (non-hydrogen) atoms. The molecule has 0 fully saturated rings. The van der Waals surface area contributed by atoms with Gasteiger partial charge in [0.05, 0.1) is 21.9 Å². The lowest BCUT2D eigenvalue weighted by atomic mass is 9.82. The van der Waals surface area contributed by atoms with Gasteiger partial charge >= 0.3 is 0 Å². The molecule has 0 N–H and O–H groups in total. The third kappa shape index (κ3) is 2.60. The van der Waals surface area contributed by atoms with Crippen molar-refractivity contribution in [3.8, 4) is 22.4 Å². The van der Waals surface area contributed by atoms with Crippen LogP contribution in [0.25, 0.3) is 49.4 Å². The molecular formula is C33H28N2+2. The zero-order chi connectivity index (χ0) is 23.6. The fraction of sp³-hybridized carbons (Fsp3) is 0.152. The summed E-state index contributed by atoms with van der Waals surface area (Å²) in [5, 5.41) is 5.21. The number of benzene rings is 3. The maximum Gasteiger partial charge on any atom is 0.268 e. The van der Waals surface area contributed by atoms with Crippen LogP contribution in [0.5, 0.6) is 0 Å². The Balaban J connectivity index is 1.83. The van der Waals surface area contributed by atoms with Gasteiger partial charge < -0.3 is 0 Å². The van der Waals surface area contributed by atoms with Crippen molar-refractivity contribution in [1.29, 1.82) is 0 Å². The molecule has 2 nitrogen and oxygen atoms in total. The molecule has 0 saturated carbocycles. The first-order chi connectivity index (χ1) is 17.3. The van der Waals surface area contributed by atoms with Crippen LogP contribution in [0.1, 0.15) is 32.4 Å². The highest BCUT2D eigenvalue weighted by molar-refractivity contribution is 6.07. The van der Waals surface area contributed by atoms with Gasteiger partial charge in [0.2, 0.25) is 11.2 Å². The van der Waals surface area contributed by atoms with Crippen molar-refractivity contribution in [3.63, 3.8) is 0 Å². The number of hydrogen-bond donors (Lipinski definition) is 0. The Morgan fingerprint density at radius 3 is 2.06 bits per heavy atom. The molecule has 0 bridgehead atoms. The van der Waals surface area contributed by atoms with E-state index in [1.54, 1.807) is 0 Å². The number of hydrogen-bond acceptors (Lipinski definition) is 0. The van der Waals surface area contributed by atoms with E-state index in [1.165, 1.54) is 55.1 Å². The molecule has 0 amide bonds. The van der Waals surface area contributed by atoms with Crippen LogP contribution in [0.3, 0.4) is 0 Å². The fourth-order valence-corrected chi connectivity index (χ4v) is 6.56. The largest absolute Gasteiger partial charge is 0.268 e. The summed E-state index contributed by atoms with van der Waals surface area (Å²) in [5.74, 6) is 0. The van der Waals surface area contributed by atoms with Gasteiger partial charge in [-0.15, -0.1) is 0 Å². The maximum atomic E-state index is 2.59. The second-order valence-corrected chi connectivity index (χ2v) is 9.63. The average Bonchev–Trinajstić information content (AvgIpc) is 3.04. The van der Waals surface area contributed by atoms with E-state index in [4.69, 9.17) is 0 Å². The predicted octanol–water partition coefficient (Wildman–Crippen LogP) is 7.23. The van der Waals surface area contributed by atoms with E-state index in [2.05, 4.69) is 132 Å². The second kappa shape index (κ2) is 7.48. The minimum absolute atomic E-state index is 0.206. The van der Waals surface area contributed by atoms with Gasteiger partial charge in [-0.2, -0.15) is 8.97 Å². The van der Waals surface area contributed by atoms with Gasteiger partial charge in [0.25, 0.3) is 11.2 Å². The Morgan fingerprint density at radius 2 is 1.26 bits per heavy atom. The van der Waals surface area contributed by atoms with Gasteiger partial charge in [-0.25, -0.2) is 0 Å². The Morgan fingerprint density at radius 1 is 0.600 bits per heavy atom. The molecule has 168 valence electrons. The summed E-state index contributed by atoms with van der Waals surface area (Å²) in [6.45, 7) is 4.69. The van der Waals surface area contributed by atoms with Crippen LogP contribution in [0.2, 0.25) is 0 Å². The van der Waals surface area contributed by atoms with Crippen LogP contribution in [-0.2, 0) is 5.54 Å². The molecule has 0 saturated heterocycles. The lowest BCUT2D eigenvalue weighted by molar-refractivity contribution is -0.761. The quantitative estimate of drug-likeness (QED) is 0.193. The van der Waals surface area contributed by atoms with Gasteiger partial charge in [-0.1, -0.05) is 68.4 Å². The molecule has 0 aliphatic carbocycles. The molecule has 0 spiro atoms. The number of rotatable bonds is 2. The highest BCUT2D eigenvalue weighted by atomic mass is 15.1. The van der Waals surface area contributed by atoms with Gasteiger partial charge in [0, 0.05) is 42.0 Å². The number of fused-ring (bicyclic) bond motifs is 12. The summed E-state index contributed by atoms with van der Waals surface area (Å²) in [6, 6.07) is 35.7. The maximum absolute atomic E-state index is 2.59. The smallest absolute Gasteiger partial charge is 0.182 e. The Bertz CT molecular complexity index is 1780. The molecule has 0 radical (unpaired) electrons. The van der Waals surface area contributed by atoms with Crippen LogP contribution < -0.4 is 8.97 Å².